The molecule has 2 aromatic rings. The summed E-state index contributed by atoms with van der Waals surface area (Å²) in [5.74, 6) is 0. The molecule has 19 heavy (non-hydrogen) atoms. The van der Waals surface area contributed by atoms with E-state index in [0.29, 0.717) is 0 Å². The Balaban J connectivity index is 1.91. The summed E-state index contributed by atoms with van der Waals surface area (Å²) in [6.45, 7) is 3.84. The van der Waals surface area contributed by atoms with Gasteiger partial charge >= 0.3 is 0 Å². The lowest BCUT2D eigenvalue weighted by molar-refractivity contribution is 0.168. The highest BCUT2D eigenvalue weighted by atomic mass is 32.1. The van der Waals surface area contributed by atoms with Crippen LogP contribution in [0.25, 0.3) is 0 Å². The van der Waals surface area contributed by atoms with Gasteiger partial charge in [-0.2, -0.15) is 0 Å². The van der Waals surface area contributed by atoms with E-state index in [1.807, 2.05) is 25.1 Å². The maximum atomic E-state index is 10.2. The summed E-state index contributed by atoms with van der Waals surface area (Å²) in [7, 11) is 0. The van der Waals surface area contributed by atoms with Gasteiger partial charge in [0.05, 0.1) is 12.6 Å². The van der Waals surface area contributed by atoms with Gasteiger partial charge in [0, 0.05) is 28.9 Å². The zero-order valence-electron chi connectivity index (χ0n) is 11.0. The Bertz CT molecular complexity index is 567. The number of thiazole rings is 1. The first-order valence-electron chi connectivity index (χ1n) is 6.67. The number of aromatic nitrogens is 1. The Labute approximate surface area is 117 Å². The van der Waals surface area contributed by atoms with Crippen LogP contribution in [-0.2, 0) is 6.54 Å². The van der Waals surface area contributed by atoms with Crippen LogP contribution in [-0.4, -0.2) is 16.6 Å². The predicted octanol–water partition coefficient (Wildman–Crippen LogP) is 3.29. The number of aliphatic hydroxyl groups is 1. The lowest BCUT2D eigenvalue weighted by Crippen LogP contribution is -2.23. The number of aryl methyl sites for hydroxylation is 1. The van der Waals surface area contributed by atoms with E-state index in [0.717, 1.165) is 47.9 Å². The molecule has 3 nitrogen and oxygen atoms in total. The molecule has 1 N–H and O–H groups in total. The Morgan fingerprint density at radius 2 is 2.26 bits per heavy atom. The van der Waals surface area contributed by atoms with Crippen LogP contribution in [0, 0.1) is 6.92 Å². The molecular weight excluding hydrogens is 256 g/mol. The number of rotatable bonds is 2. The van der Waals surface area contributed by atoms with E-state index in [9.17, 15) is 5.11 Å². The maximum absolute atomic E-state index is 10.2. The molecule has 1 aromatic carbocycles. The Morgan fingerprint density at radius 3 is 3.05 bits per heavy atom. The monoisotopic (exact) mass is 274 g/mol. The van der Waals surface area contributed by atoms with Crippen LogP contribution in [0.4, 0.5) is 5.69 Å². The van der Waals surface area contributed by atoms with Gasteiger partial charge in [-0.15, -0.1) is 11.3 Å². The fourth-order valence-corrected chi connectivity index (χ4v) is 3.40. The normalized spacial score (nSPS) is 19.1. The highest BCUT2D eigenvalue weighted by molar-refractivity contribution is 7.09. The van der Waals surface area contributed by atoms with E-state index in [1.165, 1.54) is 0 Å². The molecule has 100 valence electrons. The summed E-state index contributed by atoms with van der Waals surface area (Å²) in [5.41, 5.74) is 3.29. The van der Waals surface area contributed by atoms with Crippen LogP contribution in [0.5, 0.6) is 0 Å². The highest BCUT2D eigenvalue weighted by Gasteiger charge is 2.21. The van der Waals surface area contributed by atoms with Gasteiger partial charge in [0.15, 0.2) is 0 Å². The minimum absolute atomic E-state index is 0.334. The van der Waals surface area contributed by atoms with Gasteiger partial charge in [-0.3, -0.25) is 0 Å². The number of fused-ring (bicyclic) bond motifs is 1. The van der Waals surface area contributed by atoms with Gasteiger partial charge in [0.2, 0.25) is 0 Å². The van der Waals surface area contributed by atoms with Gasteiger partial charge in [-0.1, -0.05) is 18.2 Å². The third-order valence-electron chi connectivity index (χ3n) is 3.53. The van der Waals surface area contributed by atoms with Crippen molar-refractivity contribution in [1.82, 2.24) is 4.98 Å². The molecule has 2 heterocycles. The van der Waals surface area contributed by atoms with Crippen LogP contribution in [0.3, 0.4) is 0 Å². The fraction of sp³-hybridized carbons (Fsp3) is 0.400. The molecule has 1 aromatic heterocycles. The molecule has 0 spiro atoms. The first-order chi connectivity index (χ1) is 9.24. The van der Waals surface area contributed by atoms with Crippen LogP contribution in [0.1, 0.15) is 35.2 Å². The minimum atomic E-state index is -0.334. The highest BCUT2D eigenvalue weighted by Crippen LogP contribution is 2.33. The SMILES string of the molecule is Cc1csc(CN2CCCC(O)c3ccccc32)n1. The Morgan fingerprint density at radius 1 is 1.42 bits per heavy atom. The zero-order chi connectivity index (χ0) is 13.2. The molecule has 3 rings (SSSR count). The summed E-state index contributed by atoms with van der Waals surface area (Å²) in [4.78, 5) is 6.88. The fourth-order valence-electron chi connectivity index (χ4n) is 2.61. The third kappa shape index (κ3) is 2.65. The van der Waals surface area contributed by atoms with Crippen molar-refractivity contribution in [2.24, 2.45) is 0 Å². The Kier molecular flexibility index (Phi) is 3.53. The lowest BCUT2D eigenvalue weighted by atomic mass is 10.0. The van der Waals surface area contributed by atoms with Crippen molar-refractivity contribution in [3.8, 4) is 0 Å². The van der Waals surface area contributed by atoms with E-state index in [2.05, 4.69) is 21.3 Å². The van der Waals surface area contributed by atoms with Gasteiger partial charge in [0.1, 0.15) is 5.01 Å². The van der Waals surface area contributed by atoms with Gasteiger partial charge in [-0.25, -0.2) is 4.98 Å². The second-order valence-electron chi connectivity index (χ2n) is 5.02. The summed E-state index contributed by atoms with van der Waals surface area (Å²) in [6, 6.07) is 8.17. The largest absolute Gasteiger partial charge is 0.388 e. The molecule has 0 aliphatic carbocycles. The second-order valence-corrected chi connectivity index (χ2v) is 5.96. The summed E-state index contributed by atoms with van der Waals surface area (Å²) in [5, 5.41) is 13.4. The van der Waals surface area contributed by atoms with Crippen LogP contribution >= 0.6 is 11.3 Å². The standard InChI is InChI=1S/C15H18N2OS/c1-11-10-19-15(16-11)9-17-8-4-7-14(18)12-5-2-3-6-13(12)17/h2-3,5-6,10,14,18H,4,7-9H2,1H3. The number of hydrogen-bond donors (Lipinski definition) is 1. The summed E-state index contributed by atoms with van der Waals surface area (Å²) < 4.78 is 0. The Hall–Kier alpha value is -1.39. The van der Waals surface area contributed by atoms with Crippen molar-refractivity contribution >= 4 is 17.0 Å². The van der Waals surface area contributed by atoms with Crippen LogP contribution in [0.15, 0.2) is 29.6 Å². The second kappa shape index (κ2) is 5.31. The minimum Gasteiger partial charge on any atom is -0.388 e. The van der Waals surface area contributed by atoms with E-state index >= 15 is 0 Å². The molecule has 1 atom stereocenters. The quantitative estimate of drug-likeness (QED) is 0.913. The first-order valence-corrected chi connectivity index (χ1v) is 7.55. The molecule has 0 fully saturated rings. The number of anilines is 1. The molecule has 1 unspecified atom stereocenters. The number of aliphatic hydroxyl groups excluding tert-OH is 1. The topological polar surface area (TPSA) is 36.4 Å². The molecule has 1 aliphatic rings. The predicted molar refractivity (Wildman–Crippen MR) is 78.5 cm³/mol. The average Bonchev–Trinajstić information content (AvgIpc) is 2.75. The smallest absolute Gasteiger partial charge is 0.112 e. The lowest BCUT2D eigenvalue weighted by Gasteiger charge is -2.24. The van der Waals surface area contributed by atoms with Crippen LogP contribution in [0.2, 0.25) is 0 Å². The molecule has 0 radical (unpaired) electrons. The maximum Gasteiger partial charge on any atom is 0.112 e. The molecular formula is C15H18N2OS. The molecule has 0 amide bonds. The molecule has 0 bridgehead atoms. The van der Waals surface area contributed by atoms with E-state index in [1.54, 1.807) is 11.3 Å². The van der Waals surface area contributed by atoms with Crippen LogP contribution < -0.4 is 4.90 Å². The molecule has 0 saturated heterocycles. The van der Waals surface area contributed by atoms with Crippen molar-refractivity contribution in [3.63, 3.8) is 0 Å². The summed E-state index contributed by atoms with van der Waals surface area (Å²) in [6.07, 6.45) is 1.52. The zero-order valence-corrected chi connectivity index (χ0v) is 11.9. The first kappa shape index (κ1) is 12.6. The van der Waals surface area contributed by atoms with Crippen molar-refractivity contribution in [1.29, 1.82) is 0 Å². The van der Waals surface area contributed by atoms with Gasteiger partial charge in [-0.05, 0) is 25.8 Å². The number of nitrogens with zero attached hydrogens (tertiary/aromatic N) is 2. The van der Waals surface area contributed by atoms with E-state index in [4.69, 9.17) is 0 Å². The number of para-hydroxylation sites is 1. The third-order valence-corrected chi connectivity index (χ3v) is 4.49. The van der Waals surface area contributed by atoms with Crippen molar-refractivity contribution in [3.05, 3.63) is 45.9 Å². The van der Waals surface area contributed by atoms with Crippen molar-refractivity contribution in [2.75, 3.05) is 11.4 Å². The van der Waals surface area contributed by atoms with Gasteiger partial charge < -0.3 is 10.0 Å². The van der Waals surface area contributed by atoms with Crippen molar-refractivity contribution < 1.29 is 5.11 Å². The van der Waals surface area contributed by atoms with E-state index < -0.39 is 0 Å². The van der Waals surface area contributed by atoms with E-state index in [-0.39, 0.29) is 6.10 Å². The average molecular weight is 274 g/mol. The molecule has 0 saturated carbocycles. The molecule has 1 aliphatic heterocycles. The number of hydrogen-bond acceptors (Lipinski definition) is 4. The number of benzene rings is 1. The summed E-state index contributed by atoms with van der Waals surface area (Å²) >= 11 is 1.71. The molecule has 4 heteroatoms. The van der Waals surface area contributed by atoms with Gasteiger partial charge in [0.25, 0.3) is 0 Å². The van der Waals surface area contributed by atoms with Crippen molar-refractivity contribution in [2.45, 2.75) is 32.4 Å².